The van der Waals surface area contributed by atoms with E-state index in [0.29, 0.717) is 24.7 Å². The first-order chi connectivity index (χ1) is 8.57. The fourth-order valence-corrected chi connectivity index (χ4v) is 2.67. The fraction of sp³-hybridized carbons (Fsp3) is 1.00. The molecule has 0 heterocycles. The number of hydrogen-bond donors (Lipinski definition) is 1. The van der Waals surface area contributed by atoms with Crippen molar-refractivity contribution in [1.82, 2.24) is 5.32 Å². The van der Waals surface area contributed by atoms with E-state index in [1.54, 1.807) is 0 Å². The van der Waals surface area contributed by atoms with E-state index in [1.807, 2.05) is 13.8 Å². The third kappa shape index (κ3) is 6.17. The molecule has 1 rings (SSSR count). The van der Waals surface area contributed by atoms with E-state index >= 15 is 0 Å². The zero-order chi connectivity index (χ0) is 13.4. The summed E-state index contributed by atoms with van der Waals surface area (Å²) in [6.07, 6.45) is 6.48. The van der Waals surface area contributed by atoms with Gasteiger partial charge in [0.2, 0.25) is 0 Å². The average molecular weight is 257 g/mol. The maximum absolute atomic E-state index is 5.56. The second-order valence-electron chi connectivity index (χ2n) is 6.04. The van der Waals surface area contributed by atoms with Crippen LogP contribution in [0.2, 0.25) is 0 Å². The van der Waals surface area contributed by atoms with Gasteiger partial charge in [0.05, 0.1) is 0 Å². The molecule has 18 heavy (non-hydrogen) atoms. The molecule has 0 amide bonds. The van der Waals surface area contributed by atoms with Gasteiger partial charge >= 0.3 is 0 Å². The number of rotatable bonds is 7. The summed E-state index contributed by atoms with van der Waals surface area (Å²) in [5, 5.41) is 3.62. The van der Waals surface area contributed by atoms with Crippen LogP contribution in [0.4, 0.5) is 0 Å². The topological polar surface area (TPSA) is 30.5 Å². The van der Waals surface area contributed by atoms with Gasteiger partial charge < -0.3 is 14.8 Å². The van der Waals surface area contributed by atoms with Crippen LogP contribution in [0, 0.1) is 5.41 Å². The van der Waals surface area contributed by atoms with Crippen molar-refractivity contribution in [2.24, 2.45) is 5.41 Å². The molecule has 108 valence electrons. The Morgan fingerprint density at radius 2 is 1.78 bits per heavy atom. The van der Waals surface area contributed by atoms with Crippen LogP contribution in [-0.4, -0.2) is 32.1 Å². The summed E-state index contributed by atoms with van der Waals surface area (Å²) >= 11 is 0. The first-order valence-corrected chi connectivity index (χ1v) is 7.54. The molecule has 1 fully saturated rings. The summed E-state index contributed by atoms with van der Waals surface area (Å²) in [4.78, 5) is 0. The van der Waals surface area contributed by atoms with Crippen molar-refractivity contribution in [1.29, 1.82) is 0 Å². The summed E-state index contributed by atoms with van der Waals surface area (Å²) in [6.45, 7) is 11.0. The molecule has 3 nitrogen and oxygen atoms in total. The van der Waals surface area contributed by atoms with Gasteiger partial charge in [-0.05, 0) is 44.9 Å². The predicted octanol–water partition coefficient (Wildman–Crippen LogP) is 3.33. The van der Waals surface area contributed by atoms with Crippen LogP contribution in [0.15, 0.2) is 0 Å². The van der Waals surface area contributed by atoms with Crippen LogP contribution >= 0.6 is 0 Å². The molecule has 0 aromatic rings. The molecule has 0 spiro atoms. The molecule has 1 saturated carbocycles. The second-order valence-corrected chi connectivity index (χ2v) is 6.04. The van der Waals surface area contributed by atoms with E-state index in [1.165, 1.54) is 32.1 Å². The Bertz CT molecular complexity index is 213. The van der Waals surface area contributed by atoms with E-state index in [4.69, 9.17) is 9.47 Å². The van der Waals surface area contributed by atoms with Crippen molar-refractivity contribution in [3.63, 3.8) is 0 Å². The van der Waals surface area contributed by atoms with Crippen LogP contribution in [0.5, 0.6) is 0 Å². The molecule has 3 heteroatoms. The Balaban J connectivity index is 2.28. The Hall–Kier alpha value is -0.120. The van der Waals surface area contributed by atoms with Gasteiger partial charge in [-0.15, -0.1) is 0 Å². The minimum atomic E-state index is -0.0868. The lowest BCUT2D eigenvalue weighted by Crippen LogP contribution is -2.38. The van der Waals surface area contributed by atoms with Gasteiger partial charge in [0.1, 0.15) is 0 Å². The molecule has 0 aromatic carbocycles. The molecule has 0 aromatic heterocycles. The Morgan fingerprint density at radius 3 is 2.39 bits per heavy atom. The van der Waals surface area contributed by atoms with Crippen LogP contribution in [0.1, 0.15) is 59.8 Å². The zero-order valence-electron chi connectivity index (χ0n) is 12.6. The van der Waals surface area contributed by atoms with Crippen molar-refractivity contribution in [2.45, 2.75) is 72.1 Å². The summed E-state index contributed by atoms with van der Waals surface area (Å²) < 4.78 is 11.1. The van der Waals surface area contributed by atoms with Gasteiger partial charge in [-0.2, -0.15) is 0 Å². The standard InChI is InChI=1S/C15H31NO2/c1-5-17-14(18-6-2)12-16-13-8-7-10-15(3,4)11-9-13/h13-14,16H,5-12H2,1-4H3. The van der Waals surface area contributed by atoms with Gasteiger partial charge in [-0.1, -0.05) is 20.3 Å². The summed E-state index contributed by atoms with van der Waals surface area (Å²) in [5.74, 6) is 0. The summed E-state index contributed by atoms with van der Waals surface area (Å²) in [7, 11) is 0. The van der Waals surface area contributed by atoms with Crippen molar-refractivity contribution >= 4 is 0 Å². The smallest absolute Gasteiger partial charge is 0.169 e. The zero-order valence-corrected chi connectivity index (χ0v) is 12.6. The van der Waals surface area contributed by atoms with Crippen LogP contribution in [0.3, 0.4) is 0 Å². The third-order valence-electron chi connectivity index (χ3n) is 3.85. The van der Waals surface area contributed by atoms with E-state index in [-0.39, 0.29) is 6.29 Å². The number of hydrogen-bond acceptors (Lipinski definition) is 3. The summed E-state index contributed by atoms with van der Waals surface area (Å²) in [6, 6.07) is 0.634. The molecule has 0 bridgehead atoms. The molecular formula is C15H31NO2. The summed E-state index contributed by atoms with van der Waals surface area (Å²) in [5.41, 5.74) is 0.523. The Labute approximate surface area is 113 Å². The van der Waals surface area contributed by atoms with E-state index in [2.05, 4.69) is 19.2 Å². The lowest BCUT2D eigenvalue weighted by molar-refractivity contribution is -0.133. The first-order valence-electron chi connectivity index (χ1n) is 7.54. The van der Waals surface area contributed by atoms with E-state index in [9.17, 15) is 0 Å². The second kappa shape index (κ2) is 8.13. The molecule has 0 aliphatic heterocycles. The molecule has 1 atom stereocenters. The van der Waals surface area contributed by atoms with E-state index < -0.39 is 0 Å². The minimum absolute atomic E-state index is 0.0868. The Kier molecular flexibility index (Phi) is 7.20. The molecule has 1 aliphatic rings. The van der Waals surface area contributed by atoms with Gasteiger partial charge in [0.25, 0.3) is 0 Å². The highest BCUT2D eigenvalue weighted by molar-refractivity contribution is 4.79. The highest BCUT2D eigenvalue weighted by Crippen LogP contribution is 2.33. The first kappa shape index (κ1) is 15.9. The monoisotopic (exact) mass is 257 g/mol. The Morgan fingerprint density at radius 1 is 1.11 bits per heavy atom. The maximum Gasteiger partial charge on any atom is 0.169 e. The number of ether oxygens (including phenoxy) is 2. The highest BCUT2D eigenvalue weighted by Gasteiger charge is 2.24. The van der Waals surface area contributed by atoms with Crippen molar-refractivity contribution in [2.75, 3.05) is 19.8 Å². The highest BCUT2D eigenvalue weighted by atomic mass is 16.7. The van der Waals surface area contributed by atoms with Crippen LogP contribution in [-0.2, 0) is 9.47 Å². The molecular weight excluding hydrogens is 226 g/mol. The third-order valence-corrected chi connectivity index (χ3v) is 3.85. The van der Waals surface area contributed by atoms with Gasteiger partial charge in [-0.25, -0.2) is 0 Å². The molecule has 1 aliphatic carbocycles. The average Bonchev–Trinajstić information content (AvgIpc) is 2.48. The lowest BCUT2D eigenvalue weighted by Gasteiger charge is -2.23. The molecule has 1 N–H and O–H groups in total. The largest absolute Gasteiger partial charge is 0.352 e. The SMILES string of the molecule is CCOC(CNC1CCCC(C)(C)CC1)OCC. The molecule has 1 unspecified atom stereocenters. The maximum atomic E-state index is 5.56. The predicted molar refractivity (Wildman–Crippen MR) is 75.7 cm³/mol. The van der Waals surface area contributed by atoms with Crippen LogP contribution in [0.25, 0.3) is 0 Å². The lowest BCUT2D eigenvalue weighted by atomic mass is 9.85. The molecule has 0 saturated heterocycles. The van der Waals surface area contributed by atoms with Crippen molar-refractivity contribution < 1.29 is 9.47 Å². The minimum Gasteiger partial charge on any atom is -0.352 e. The quantitative estimate of drug-likeness (QED) is 0.560. The van der Waals surface area contributed by atoms with Crippen LogP contribution < -0.4 is 5.32 Å². The number of nitrogens with one attached hydrogen (secondary N) is 1. The van der Waals surface area contributed by atoms with Crippen molar-refractivity contribution in [3.8, 4) is 0 Å². The normalized spacial score (nSPS) is 24.2. The van der Waals surface area contributed by atoms with Gasteiger partial charge in [-0.3, -0.25) is 0 Å². The van der Waals surface area contributed by atoms with Gasteiger partial charge in [0, 0.05) is 25.8 Å². The van der Waals surface area contributed by atoms with Crippen molar-refractivity contribution in [3.05, 3.63) is 0 Å². The van der Waals surface area contributed by atoms with Gasteiger partial charge in [0.15, 0.2) is 6.29 Å². The molecule has 0 radical (unpaired) electrons. The van der Waals surface area contributed by atoms with E-state index in [0.717, 1.165) is 6.54 Å². The fourth-order valence-electron chi connectivity index (χ4n) is 2.67.